The van der Waals surface area contributed by atoms with Gasteiger partial charge in [0, 0.05) is 60.8 Å². The van der Waals surface area contributed by atoms with Crippen LogP contribution >= 0.6 is 0 Å². The van der Waals surface area contributed by atoms with E-state index in [1.54, 1.807) is 36.7 Å². The second-order valence-electron chi connectivity index (χ2n) is 5.33. The van der Waals surface area contributed by atoms with E-state index >= 15 is 0 Å². The highest BCUT2D eigenvalue weighted by Crippen LogP contribution is 2.23. The highest BCUT2D eigenvalue weighted by molar-refractivity contribution is 5.85. The summed E-state index contributed by atoms with van der Waals surface area (Å²) in [6, 6.07) is 12.5. The van der Waals surface area contributed by atoms with Crippen molar-refractivity contribution in [3.63, 3.8) is 0 Å². The molecular formula is C20H23N3O2. The fraction of sp³-hybridized carbons (Fsp3) is 0.200. The maximum atomic E-state index is 10.1. The van der Waals surface area contributed by atoms with Gasteiger partial charge >= 0.3 is 0 Å². The topological polar surface area (TPSA) is 68.4 Å². The Morgan fingerprint density at radius 3 is 2.00 bits per heavy atom. The van der Waals surface area contributed by atoms with Crippen molar-refractivity contribution in [3.8, 4) is 11.5 Å². The smallest absolute Gasteiger partial charge is 0.126 e. The van der Waals surface area contributed by atoms with Crippen molar-refractivity contribution in [1.29, 1.82) is 0 Å². The number of aromatic hydroxyl groups is 2. The molecule has 0 unspecified atom stereocenters. The minimum Gasteiger partial charge on any atom is -0.507 e. The van der Waals surface area contributed by atoms with Crippen LogP contribution in [0.5, 0.6) is 11.5 Å². The number of benzene rings is 2. The van der Waals surface area contributed by atoms with Crippen LogP contribution in [0.2, 0.25) is 0 Å². The zero-order chi connectivity index (χ0) is 18.1. The molecule has 25 heavy (non-hydrogen) atoms. The average Bonchev–Trinajstić information content (AvgIpc) is 2.62. The van der Waals surface area contributed by atoms with Crippen LogP contribution in [0.1, 0.15) is 25.0 Å². The van der Waals surface area contributed by atoms with Crippen molar-refractivity contribution in [2.45, 2.75) is 13.8 Å². The number of rotatable bonds is 7. The number of aliphatic imine (C=N–C) groups is 2. The molecule has 2 aromatic rings. The summed E-state index contributed by atoms with van der Waals surface area (Å²) in [6.45, 7) is 5.94. The zero-order valence-corrected chi connectivity index (χ0v) is 14.5. The van der Waals surface area contributed by atoms with Crippen LogP contribution in [0.25, 0.3) is 0 Å². The van der Waals surface area contributed by atoms with Crippen LogP contribution in [0, 0.1) is 0 Å². The number of phenols is 2. The lowest BCUT2D eigenvalue weighted by Crippen LogP contribution is -2.21. The van der Waals surface area contributed by atoms with E-state index in [1.807, 2.05) is 18.2 Å². The van der Waals surface area contributed by atoms with Crippen LogP contribution in [0.3, 0.4) is 0 Å². The molecule has 0 aromatic heterocycles. The van der Waals surface area contributed by atoms with Gasteiger partial charge in [0.2, 0.25) is 0 Å². The fourth-order valence-electron chi connectivity index (χ4n) is 2.35. The van der Waals surface area contributed by atoms with Crippen molar-refractivity contribution in [3.05, 3.63) is 66.0 Å². The summed E-state index contributed by atoms with van der Waals surface area (Å²) in [5.41, 5.74) is 2.27. The number of anilines is 1. The first kappa shape index (κ1) is 18.3. The molecule has 0 saturated carbocycles. The number of para-hydroxylation sites is 1. The number of phenolic OH excluding ortho intramolecular Hbond substituents is 2. The van der Waals surface area contributed by atoms with Crippen LogP contribution in [0.4, 0.5) is 5.69 Å². The summed E-state index contributed by atoms with van der Waals surface area (Å²) in [7, 11) is 0. The Bertz CT molecular complexity index is 778. The molecule has 0 atom stereocenters. The first-order valence-corrected chi connectivity index (χ1v) is 8.23. The summed E-state index contributed by atoms with van der Waals surface area (Å²) in [5, 5.41) is 19.7. The molecule has 0 heterocycles. The molecule has 130 valence electrons. The summed E-state index contributed by atoms with van der Waals surface area (Å²) >= 11 is 0. The van der Waals surface area contributed by atoms with Gasteiger partial charge in [-0.05, 0) is 38.1 Å². The maximum Gasteiger partial charge on any atom is 0.126 e. The summed E-state index contributed by atoms with van der Waals surface area (Å²) in [6.07, 6.45) is 6.17. The molecule has 0 saturated heterocycles. The molecule has 0 fully saturated rings. The Morgan fingerprint density at radius 2 is 1.44 bits per heavy atom. The lowest BCUT2D eigenvalue weighted by atomic mass is 10.2. The van der Waals surface area contributed by atoms with Gasteiger partial charge < -0.3 is 15.1 Å². The Balaban J connectivity index is 1.99. The van der Waals surface area contributed by atoms with Gasteiger partial charge in [0.05, 0.1) is 0 Å². The highest BCUT2D eigenvalue weighted by Gasteiger charge is 2.05. The van der Waals surface area contributed by atoms with E-state index in [0.29, 0.717) is 11.1 Å². The van der Waals surface area contributed by atoms with Gasteiger partial charge in [0.1, 0.15) is 11.5 Å². The maximum absolute atomic E-state index is 10.1. The lowest BCUT2D eigenvalue weighted by molar-refractivity contribution is 0.474. The third-order valence-corrected chi connectivity index (χ3v) is 3.75. The summed E-state index contributed by atoms with van der Waals surface area (Å²) < 4.78 is 0. The fourth-order valence-corrected chi connectivity index (χ4v) is 2.35. The van der Waals surface area contributed by atoms with Crippen LogP contribution < -0.4 is 4.90 Å². The molecule has 2 aromatic carbocycles. The molecule has 0 aliphatic heterocycles. The Labute approximate surface area is 148 Å². The molecule has 0 amide bonds. The molecular weight excluding hydrogens is 314 g/mol. The van der Waals surface area contributed by atoms with Crippen molar-refractivity contribution in [2.75, 3.05) is 18.0 Å². The number of hydrogen-bond acceptors (Lipinski definition) is 5. The molecule has 0 aliphatic carbocycles. The first-order valence-electron chi connectivity index (χ1n) is 8.23. The first-order chi connectivity index (χ1) is 12.2. The largest absolute Gasteiger partial charge is 0.507 e. The monoisotopic (exact) mass is 337 g/mol. The molecule has 0 radical (unpaired) electrons. The predicted octanol–water partition coefficient (Wildman–Crippen LogP) is 3.95. The number of hydrogen-bond donors (Lipinski definition) is 2. The molecule has 0 aliphatic rings. The molecule has 5 nitrogen and oxygen atoms in total. The third-order valence-electron chi connectivity index (χ3n) is 3.75. The second-order valence-corrected chi connectivity index (χ2v) is 5.33. The van der Waals surface area contributed by atoms with Crippen LogP contribution in [-0.2, 0) is 0 Å². The summed E-state index contributed by atoms with van der Waals surface area (Å²) in [4.78, 5) is 10.3. The average molecular weight is 337 g/mol. The van der Waals surface area contributed by atoms with Crippen molar-refractivity contribution in [1.82, 2.24) is 0 Å². The van der Waals surface area contributed by atoms with E-state index in [4.69, 9.17) is 0 Å². The van der Waals surface area contributed by atoms with Crippen molar-refractivity contribution < 1.29 is 10.2 Å². The molecule has 5 heteroatoms. The molecule has 2 rings (SSSR count). The second kappa shape index (κ2) is 9.27. The predicted molar refractivity (Wildman–Crippen MR) is 104 cm³/mol. The van der Waals surface area contributed by atoms with E-state index in [-0.39, 0.29) is 11.5 Å². The van der Waals surface area contributed by atoms with Crippen molar-refractivity contribution in [2.24, 2.45) is 9.98 Å². The normalized spacial score (nSPS) is 11.8. The summed E-state index contributed by atoms with van der Waals surface area (Å²) in [5.74, 6) is 0.376. The van der Waals surface area contributed by atoms with Crippen LogP contribution in [0.15, 0.2) is 64.8 Å². The quantitative estimate of drug-likeness (QED) is 0.752. The van der Waals surface area contributed by atoms with Gasteiger partial charge in [-0.3, -0.25) is 9.98 Å². The van der Waals surface area contributed by atoms with Crippen LogP contribution in [-0.4, -0.2) is 35.7 Å². The Hall–Kier alpha value is -3.08. The van der Waals surface area contributed by atoms with Gasteiger partial charge in [-0.15, -0.1) is 0 Å². The molecule has 2 N–H and O–H groups in total. The van der Waals surface area contributed by atoms with E-state index in [2.05, 4.69) is 28.7 Å². The number of nitrogens with zero attached hydrogens (tertiary/aromatic N) is 3. The minimum absolute atomic E-state index is 0.182. The lowest BCUT2D eigenvalue weighted by Gasteiger charge is -2.21. The van der Waals surface area contributed by atoms with E-state index in [1.165, 1.54) is 12.4 Å². The van der Waals surface area contributed by atoms with Gasteiger partial charge in [-0.25, -0.2) is 0 Å². The Kier molecular flexibility index (Phi) is 6.77. The van der Waals surface area contributed by atoms with Gasteiger partial charge in [0.25, 0.3) is 0 Å². The van der Waals surface area contributed by atoms with E-state index < -0.39 is 0 Å². The van der Waals surface area contributed by atoms with E-state index in [0.717, 1.165) is 18.8 Å². The van der Waals surface area contributed by atoms with Crippen molar-refractivity contribution >= 4 is 18.1 Å². The third kappa shape index (κ3) is 5.21. The van der Waals surface area contributed by atoms with Gasteiger partial charge in [0.15, 0.2) is 0 Å². The minimum atomic E-state index is 0.182. The Morgan fingerprint density at radius 1 is 0.840 bits per heavy atom. The highest BCUT2D eigenvalue weighted by atomic mass is 16.3. The molecule has 0 spiro atoms. The SMILES string of the molecule is CCN(CC)c1ccc(\C=N/C=C/N=C\c2ccccc2O)c(O)c1. The standard InChI is InChI=1S/C20H23N3O2/c1-3-23(4-2)18-10-9-17(20(25)13-18)15-22-12-11-21-14-16-7-5-6-8-19(16)24/h5-15,24-25H,3-4H2,1-2H3/b12-11+,21-14-,22-15-. The molecule has 0 bridgehead atoms. The van der Waals surface area contributed by atoms with Gasteiger partial charge in [-0.2, -0.15) is 0 Å². The van der Waals surface area contributed by atoms with E-state index in [9.17, 15) is 10.2 Å². The zero-order valence-electron chi connectivity index (χ0n) is 14.5. The van der Waals surface area contributed by atoms with Gasteiger partial charge in [-0.1, -0.05) is 12.1 Å².